The average Bonchev–Trinajstić information content (AvgIpc) is 2.57. The lowest BCUT2D eigenvalue weighted by atomic mass is 10.0. The van der Waals surface area contributed by atoms with Gasteiger partial charge in [0.1, 0.15) is 4.60 Å². The van der Waals surface area contributed by atoms with Crippen LogP contribution >= 0.6 is 15.9 Å². The summed E-state index contributed by atoms with van der Waals surface area (Å²) in [6, 6.07) is 6.53. The monoisotopic (exact) mass is 264 g/mol. The van der Waals surface area contributed by atoms with Crippen molar-refractivity contribution < 1.29 is 0 Å². The Morgan fingerprint density at radius 2 is 2.13 bits per heavy atom. The maximum absolute atomic E-state index is 4.12. The summed E-state index contributed by atoms with van der Waals surface area (Å²) in [5.74, 6) is 0. The second-order valence-corrected chi connectivity index (χ2v) is 4.53. The van der Waals surface area contributed by atoms with Crippen LogP contribution in [0.1, 0.15) is 22.4 Å². The van der Waals surface area contributed by atoms with E-state index in [0.717, 1.165) is 16.7 Å². The number of rotatable bonds is 2. The van der Waals surface area contributed by atoms with Crippen LogP contribution in [-0.4, -0.2) is 9.97 Å². The first-order valence-corrected chi connectivity index (χ1v) is 5.70. The highest BCUT2D eigenvalue weighted by molar-refractivity contribution is 9.10. The van der Waals surface area contributed by atoms with Gasteiger partial charge in [0.2, 0.25) is 0 Å². The summed E-state index contributed by atoms with van der Waals surface area (Å²) >= 11 is 3.42. The predicted molar refractivity (Wildman–Crippen MR) is 65.0 cm³/mol. The van der Waals surface area contributed by atoms with Crippen molar-refractivity contribution in [3.63, 3.8) is 0 Å². The molecule has 2 nitrogen and oxygen atoms in total. The second kappa shape index (κ2) is 4.19. The Bertz CT molecular complexity index is 474. The van der Waals surface area contributed by atoms with Gasteiger partial charge in [0.15, 0.2) is 0 Å². The quantitative estimate of drug-likeness (QED) is 0.885. The van der Waals surface area contributed by atoms with Crippen LogP contribution < -0.4 is 0 Å². The van der Waals surface area contributed by atoms with Gasteiger partial charge >= 0.3 is 0 Å². The van der Waals surface area contributed by atoms with Gasteiger partial charge in [-0.3, -0.25) is 0 Å². The van der Waals surface area contributed by atoms with Crippen LogP contribution in [-0.2, 0) is 6.42 Å². The average molecular weight is 265 g/mol. The molecular formula is C12H13BrN2. The fourth-order valence-electron chi connectivity index (χ4n) is 1.66. The molecule has 0 bridgehead atoms. The van der Waals surface area contributed by atoms with Gasteiger partial charge in [-0.05, 0) is 40.9 Å². The Morgan fingerprint density at radius 1 is 1.33 bits per heavy atom. The van der Waals surface area contributed by atoms with Crippen molar-refractivity contribution in [3.8, 4) is 0 Å². The van der Waals surface area contributed by atoms with Gasteiger partial charge in [-0.2, -0.15) is 0 Å². The number of aromatic amines is 1. The first-order chi connectivity index (χ1) is 7.16. The van der Waals surface area contributed by atoms with E-state index in [0.29, 0.717) is 0 Å². The number of nitrogens with zero attached hydrogens (tertiary/aromatic N) is 1. The Morgan fingerprint density at radius 3 is 2.73 bits per heavy atom. The normalized spacial score (nSPS) is 10.6. The Hall–Kier alpha value is -1.09. The zero-order valence-corrected chi connectivity index (χ0v) is 10.4. The molecule has 1 N–H and O–H groups in total. The Kier molecular flexibility index (Phi) is 2.91. The molecule has 15 heavy (non-hydrogen) atoms. The maximum Gasteiger partial charge on any atom is 0.127 e. The van der Waals surface area contributed by atoms with E-state index < -0.39 is 0 Å². The first kappa shape index (κ1) is 10.4. The number of hydrogen-bond acceptors (Lipinski definition) is 1. The smallest absolute Gasteiger partial charge is 0.127 e. The molecule has 1 aromatic carbocycles. The molecule has 0 aliphatic carbocycles. The van der Waals surface area contributed by atoms with E-state index in [-0.39, 0.29) is 0 Å². The van der Waals surface area contributed by atoms with Gasteiger partial charge in [-0.1, -0.05) is 23.8 Å². The summed E-state index contributed by atoms with van der Waals surface area (Å²) < 4.78 is 0.905. The van der Waals surface area contributed by atoms with E-state index in [2.05, 4.69) is 57.9 Å². The standard InChI is InChI=1S/C12H13BrN2/c1-8-3-4-10(9(2)5-8)6-11-12(13)15-7-14-11/h3-5,7H,6H2,1-2H3,(H,14,15). The molecule has 0 atom stereocenters. The number of benzene rings is 1. The van der Waals surface area contributed by atoms with Crippen LogP contribution in [0.25, 0.3) is 0 Å². The van der Waals surface area contributed by atoms with Gasteiger partial charge < -0.3 is 4.98 Å². The number of aryl methyl sites for hydroxylation is 2. The summed E-state index contributed by atoms with van der Waals surface area (Å²) in [5.41, 5.74) is 5.10. The third-order valence-electron chi connectivity index (χ3n) is 2.53. The van der Waals surface area contributed by atoms with Crippen molar-refractivity contribution in [2.45, 2.75) is 20.3 Å². The van der Waals surface area contributed by atoms with Crippen LogP contribution in [0.4, 0.5) is 0 Å². The van der Waals surface area contributed by atoms with Crippen molar-refractivity contribution in [2.24, 2.45) is 0 Å². The minimum atomic E-state index is 0.896. The van der Waals surface area contributed by atoms with Crippen LogP contribution in [0.2, 0.25) is 0 Å². The van der Waals surface area contributed by atoms with E-state index in [9.17, 15) is 0 Å². The number of hydrogen-bond donors (Lipinski definition) is 1. The largest absolute Gasteiger partial charge is 0.347 e. The maximum atomic E-state index is 4.12. The third-order valence-corrected chi connectivity index (χ3v) is 3.21. The van der Waals surface area contributed by atoms with Crippen molar-refractivity contribution >= 4 is 15.9 Å². The van der Waals surface area contributed by atoms with Crippen LogP contribution in [0.5, 0.6) is 0 Å². The van der Waals surface area contributed by atoms with Gasteiger partial charge in [0.25, 0.3) is 0 Å². The van der Waals surface area contributed by atoms with E-state index in [1.165, 1.54) is 16.7 Å². The van der Waals surface area contributed by atoms with Crippen LogP contribution in [0.3, 0.4) is 0 Å². The first-order valence-electron chi connectivity index (χ1n) is 4.90. The highest BCUT2D eigenvalue weighted by Gasteiger charge is 2.05. The molecule has 2 aromatic rings. The minimum absolute atomic E-state index is 0.896. The second-order valence-electron chi connectivity index (χ2n) is 3.78. The number of imidazole rings is 1. The molecule has 3 heteroatoms. The number of aromatic nitrogens is 2. The lowest BCUT2D eigenvalue weighted by molar-refractivity contribution is 1.07. The van der Waals surface area contributed by atoms with Crippen LogP contribution in [0, 0.1) is 13.8 Å². The summed E-state index contributed by atoms with van der Waals surface area (Å²) in [6.45, 7) is 4.26. The molecule has 1 aromatic heterocycles. The number of H-pyrrole nitrogens is 1. The topological polar surface area (TPSA) is 28.7 Å². The van der Waals surface area contributed by atoms with E-state index in [1.54, 1.807) is 6.33 Å². The molecule has 0 saturated carbocycles. The van der Waals surface area contributed by atoms with E-state index in [1.807, 2.05) is 0 Å². The predicted octanol–water partition coefficient (Wildman–Crippen LogP) is 3.38. The summed E-state index contributed by atoms with van der Waals surface area (Å²) in [6.07, 6.45) is 2.61. The molecule has 0 amide bonds. The minimum Gasteiger partial charge on any atom is -0.347 e. The highest BCUT2D eigenvalue weighted by atomic mass is 79.9. The number of nitrogens with one attached hydrogen (secondary N) is 1. The van der Waals surface area contributed by atoms with Crippen molar-refractivity contribution in [1.82, 2.24) is 9.97 Å². The number of halogens is 1. The molecule has 0 unspecified atom stereocenters. The van der Waals surface area contributed by atoms with Gasteiger partial charge in [-0.15, -0.1) is 0 Å². The molecule has 0 aliphatic heterocycles. The molecule has 0 spiro atoms. The Labute approximate surface area is 97.9 Å². The Balaban J connectivity index is 2.29. The molecule has 0 fully saturated rings. The lowest BCUT2D eigenvalue weighted by Gasteiger charge is -2.05. The molecular weight excluding hydrogens is 252 g/mol. The van der Waals surface area contributed by atoms with Crippen molar-refractivity contribution in [2.75, 3.05) is 0 Å². The molecule has 0 saturated heterocycles. The molecule has 0 aliphatic rings. The third kappa shape index (κ3) is 2.29. The zero-order valence-electron chi connectivity index (χ0n) is 8.84. The SMILES string of the molecule is Cc1ccc(Cc2[nH]cnc2Br)c(C)c1. The van der Waals surface area contributed by atoms with Crippen molar-refractivity contribution in [3.05, 3.63) is 51.5 Å². The summed E-state index contributed by atoms with van der Waals surface area (Å²) in [5, 5.41) is 0. The lowest BCUT2D eigenvalue weighted by Crippen LogP contribution is -1.93. The summed E-state index contributed by atoms with van der Waals surface area (Å²) in [4.78, 5) is 7.26. The molecule has 2 rings (SSSR count). The molecule has 78 valence electrons. The fraction of sp³-hybridized carbons (Fsp3) is 0.250. The highest BCUT2D eigenvalue weighted by Crippen LogP contribution is 2.18. The zero-order chi connectivity index (χ0) is 10.8. The van der Waals surface area contributed by atoms with E-state index in [4.69, 9.17) is 0 Å². The van der Waals surface area contributed by atoms with Crippen molar-refractivity contribution in [1.29, 1.82) is 0 Å². The fourth-order valence-corrected chi connectivity index (χ4v) is 2.02. The van der Waals surface area contributed by atoms with Gasteiger partial charge in [0, 0.05) is 6.42 Å². The van der Waals surface area contributed by atoms with Crippen LogP contribution in [0.15, 0.2) is 29.1 Å². The molecule has 1 heterocycles. The van der Waals surface area contributed by atoms with E-state index >= 15 is 0 Å². The van der Waals surface area contributed by atoms with Gasteiger partial charge in [0.05, 0.1) is 12.0 Å². The molecule has 0 radical (unpaired) electrons. The summed E-state index contributed by atoms with van der Waals surface area (Å²) in [7, 11) is 0. The van der Waals surface area contributed by atoms with Gasteiger partial charge in [-0.25, -0.2) is 4.98 Å².